The Morgan fingerprint density at radius 3 is 2.58 bits per heavy atom. The number of hydrogen-bond donors (Lipinski definition) is 1. The van der Waals surface area contributed by atoms with Crippen LogP contribution in [-0.2, 0) is 11.2 Å². The first-order valence-electron chi connectivity index (χ1n) is 10.7. The number of aromatic nitrogens is 1. The summed E-state index contributed by atoms with van der Waals surface area (Å²) in [5.74, 6) is -0.351. The molecule has 0 aliphatic carbocycles. The van der Waals surface area contributed by atoms with E-state index < -0.39 is 5.91 Å². The highest BCUT2D eigenvalue weighted by molar-refractivity contribution is 8.26. The molecule has 0 unspecified atom stereocenters. The number of nitrogens with zero attached hydrogens (tertiary/aromatic N) is 4. The van der Waals surface area contributed by atoms with E-state index in [1.807, 2.05) is 56.3 Å². The van der Waals surface area contributed by atoms with Crippen LogP contribution in [0, 0.1) is 26.2 Å². The number of amides is 1. The van der Waals surface area contributed by atoms with Crippen LogP contribution in [0.15, 0.2) is 76.3 Å². The van der Waals surface area contributed by atoms with E-state index in [1.165, 1.54) is 22.3 Å². The van der Waals surface area contributed by atoms with E-state index in [1.54, 1.807) is 6.08 Å². The fourth-order valence-electron chi connectivity index (χ4n) is 4.13. The number of aliphatic imine (C=N–C) groups is 1. The average Bonchev–Trinajstić information content (AvgIpc) is 3.31. The Kier molecular flexibility index (Phi) is 5.34. The molecule has 0 saturated heterocycles. The zero-order chi connectivity index (χ0) is 23.1. The molecule has 3 heterocycles. The third kappa shape index (κ3) is 3.96. The number of hydrogen-bond acceptors (Lipinski definition) is 4. The standard InChI is InChI=1S/C26H23N5OS/c1-16-8-7-11-21(12-16)30-17(2)13-20(18(30)3)15-22-24(27)31-26(28-25(22)32)33-23(29-31)14-19-9-5-4-6-10-19/h4-13,15,27H,14H2,1-3H3/b22-15-,27-24?. The minimum Gasteiger partial charge on any atom is -0.318 e. The van der Waals surface area contributed by atoms with Gasteiger partial charge in [-0.25, -0.2) is 0 Å². The average molecular weight is 454 g/mol. The van der Waals surface area contributed by atoms with Crippen LogP contribution >= 0.6 is 11.8 Å². The molecule has 33 heavy (non-hydrogen) atoms. The third-order valence-electron chi connectivity index (χ3n) is 5.72. The lowest BCUT2D eigenvalue weighted by Gasteiger charge is -2.20. The van der Waals surface area contributed by atoms with Crippen molar-refractivity contribution in [2.75, 3.05) is 0 Å². The summed E-state index contributed by atoms with van der Waals surface area (Å²) in [5, 5.41) is 16.0. The van der Waals surface area contributed by atoms with Gasteiger partial charge in [-0.3, -0.25) is 10.2 Å². The van der Waals surface area contributed by atoms with Crippen molar-refractivity contribution in [1.29, 1.82) is 5.41 Å². The summed E-state index contributed by atoms with van der Waals surface area (Å²) in [5.41, 5.74) is 6.58. The largest absolute Gasteiger partial charge is 0.318 e. The Labute approximate surface area is 196 Å². The molecule has 1 N–H and O–H groups in total. The topological polar surface area (TPSA) is 73.8 Å². The van der Waals surface area contributed by atoms with Crippen molar-refractivity contribution in [1.82, 2.24) is 9.58 Å². The molecular formula is C26H23N5OS. The normalized spacial score (nSPS) is 16.8. The molecule has 2 aromatic carbocycles. The summed E-state index contributed by atoms with van der Waals surface area (Å²) in [6.07, 6.45) is 2.40. The second-order valence-electron chi connectivity index (χ2n) is 8.18. The number of carbonyl (C=O) groups is 1. The molecule has 5 rings (SSSR count). The van der Waals surface area contributed by atoms with Gasteiger partial charge in [-0.1, -0.05) is 42.5 Å². The van der Waals surface area contributed by atoms with E-state index in [2.05, 4.69) is 39.8 Å². The smallest absolute Gasteiger partial charge is 0.283 e. The molecule has 0 radical (unpaired) electrons. The number of carbonyl (C=O) groups excluding carboxylic acids is 1. The molecule has 1 amide bonds. The Morgan fingerprint density at radius 1 is 1.03 bits per heavy atom. The van der Waals surface area contributed by atoms with Crippen LogP contribution in [0.4, 0.5) is 0 Å². The Hall–Kier alpha value is -3.71. The molecule has 6 nitrogen and oxygen atoms in total. The lowest BCUT2D eigenvalue weighted by Crippen LogP contribution is -2.35. The number of aryl methyl sites for hydroxylation is 2. The van der Waals surface area contributed by atoms with Gasteiger partial charge in [-0.2, -0.15) is 15.1 Å². The second kappa shape index (κ2) is 8.33. The highest BCUT2D eigenvalue weighted by atomic mass is 32.2. The molecule has 3 aromatic rings. The molecular weight excluding hydrogens is 430 g/mol. The Bertz CT molecular complexity index is 1380. The van der Waals surface area contributed by atoms with Gasteiger partial charge in [0.2, 0.25) is 5.17 Å². The lowest BCUT2D eigenvalue weighted by atomic mass is 10.1. The van der Waals surface area contributed by atoms with Gasteiger partial charge >= 0.3 is 0 Å². The quantitative estimate of drug-likeness (QED) is 0.547. The van der Waals surface area contributed by atoms with Crippen LogP contribution in [0.25, 0.3) is 11.8 Å². The highest BCUT2D eigenvalue weighted by Gasteiger charge is 2.35. The zero-order valence-corrected chi connectivity index (χ0v) is 19.5. The molecule has 2 aliphatic rings. The number of nitrogens with one attached hydrogen (secondary N) is 1. The van der Waals surface area contributed by atoms with Gasteiger partial charge in [0, 0.05) is 23.5 Å². The third-order valence-corrected chi connectivity index (χ3v) is 6.63. The molecule has 164 valence electrons. The van der Waals surface area contributed by atoms with Crippen molar-refractivity contribution >= 4 is 39.8 Å². The fraction of sp³-hybridized carbons (Fsp3) is 0.154. The van der Waals surface area contributed by atoms with Gasteiger partial charge in [0.1, 0.15) is 5.04 Å². The van der Waals surface area contributed by atoms with E-state index in [0.29, 0.717) is 11.6 Å². The van der Waals surface area contributed by atoms with E-state index >= 15 is 0 Å². The van der Waals surface area contributed by atoms with E-state index in [0.717, 1.165) is 33.2 Å². The number of fused-ring (bicyclic) bond motifs is 1. The van der Waals surface area contributed by atoms with Crippen LogP contribution < -0.4 is 0 Å². The number of thioether (sulfide) groups is 1. The molecule has 0 bridgehead atoms. The van der Waals surface area contributed by atoms with E-state index in [9.17, 15) is 4.79 Å². The molecule has 2 aliphatic heterocycles. The van der Waals surface area contributed by atoms with Crippen molar-refractivity contribution in [3.05, 3.63) is 94.3 Å². The first kappa shape index (κ1) is 21.2. The van der Waals surface area contributed by atoms with Gasteiger partial charge in [0.05, 0.1) is 5.57 Å². The van der Waals surface area contributed by atoms with Crippen molar-refractivity contribution in [3.8, 4) is 5.69 Å². The summed E-state index contributed by atoms with van der Waals surface area (Å²) in [6.45, 7) is 6.13. The molecule has 7 heteroatoms. The summed E-state index contributed by atoms with van der Waals surface area (Å²) in [4.78, 5) is 17.1. The van der Waals surface area contributed by atoms with Gasteiger partial charge < -0.3 is 4.57 Å². The van der Waals surface area contributed by atoms with E-state index in [-0.39, 0.29) is 11.4 Å². The Morgan fingerprint density at radius 2 is 1.82 bits per heavy atom. The maximum Gasteiger partial charge on any atom is 0.283 e. The van der Waals surface area contributed by atoms with Crippen LogP contribution in [-0.4, -0.2) is 31.5 Å². The van der Waals surface area contributed by atoms with Gasteiger partial charge in [-0.05, 0) is 73.5 Å². The number of amidine groups is 2. The minimum atomic E-state index is -0.407. The number of rotatable bonds is 4. The van der Waals surface area contributed by atoms with Crippen molar-refractivity contribution in [3.63, 3.8) is 0 Å². The molecule has 0 saturated carbocycles. The monoisotopic (exact) mass is 453 g/mol. The number of benzene rings is 2. The SMILES string of the molecule is Cc1cccc(-n2c(C)cc(/C=C3/C(=N)N4N=C(Cc5ccccc5)SC4=NC3=O)c2C)c1. The van der Waals surface area contributed by atoms with Crippen LogP contribution in [0.3, 0.4) is 0 Å². The van der Waals surface area contributed by atoms with Crippen molar-refractivity contribution in [2.45, 2.75) is 27.2 Å². The van der Waals surface area contributed by atoms with Crippen LogP contribution in [0.1, 0.15) is 28.1 Å². The summed E-state index contributed by atoms with van der Waals surface area (Å²) in [6, 6.07) is 20.4. The van der Waals surface area contributed by atoms with Gasteiger partial charge in [-0.15, -0.1) is 0 Å². The zero-order valence-electron chi connectivity index (χ0n) is 18.7. The highest BCUT2D eigenvalue weighted by Crippen LogP contribution is 2.31. The summed E-state index contributed by atoms with van der Waals surface area (Å²) in [7, 11) is 0. The molecule has 1 aromatic heterocycles. The van der Waals surface area contributed by atoms with Crippen LogP contribution in [0.2, 0.25) is 0 Å². The molecule has 0 spiro atoms. The first-order valence-corrected chi connectivity index (χ1v) is 11.5. The van der Waals surface area contributed by atoms with Crippen molar-refractivity contribution in [2.24, 2.45) is 10.1 Å². The first-order chi connectivity index (χ1) is 15.9. The van der Waals surface area contributed by atoms with E-state index in [4.69, 9.17) is 5.41 Å². The predicted octanol–water partition coefficient (Wildman–Crippen LogP) is 5.26. The molecule has 0 fully saturated rings. The number of hydrazone groups is 1. The minimum absolute atomic E-state index is 0.0564. The molecule has 0 atom stereocenters. The van der Waals surface area contributed by atoms with Crippen LogP contribution in [0.5, 0.6) is 0 Å². The fourth-order valence-corrected chi connectivity index (χ4v) is 5.05. The van der Waals surface area contributed by atoms with Gasteiger partial charge in [0.15, 0.2) is 5.84 Å². The summed E-state index contributed by atoms with van der Waals surface area (Å²) < 4.78 is 2.16. The maximum atomic E-state index is 12.8. The summed E-state index contributed by atoms with van der Waals surface area (Å²) >= 11 is 1.35. The lowest BCUT2D eigenvalue weighted by molar-refractivity contribution is -0.114. The second-order valence-corrected chi connectivity index (χ2v) is 9.22. The maximum absolute atomic E-state index is 12.8. The Balaban J connectivity index is 1.47. The predicted molar refractivity (Wildman–Crippen MR) is 135 cm³/mol. The van der Waals surface area contributed by atoms with Crippen molar-refractivity contribution < 1.29 is 4.79 Å². The van der Waals surface area contributed by atoms with Gasteiger partial charge in [0.25, 0.3) is 5.91 Å².